The molecule has 1 fully saturated rings. The molecule has 0 N–H and O–H groups in total. The Labute approximate surface area is 197 Å². The molecular formula is C27H24N2O5. The van der Waals surface area contributed by atoms with Crippen LogP contribution in [0.3, 0.4) is 0 Å². The molecule has 2 aliphatic rings. The summed E-state index contributed by atoms with van der Waals surface area (Å²) in [6, 6.07) is 25.7. The van der Waals surface area contributed by atoms with Crippen LogP contribution in [0, 0.1) is 0 Å². The minimum atomic E-state index is -1.49. The predicted molar refractivity (Wildman–Crippen MR) is 126 cm³/mol. The highest BCUT2D eigenvalue weighted by Crippen LogP contribution is 2.52. The molecule has 1 atom stereocenters. The SMILES string of the molecule is CCOC(=O)C1=C(c2ccccc2)ON2CN(c3ccc(OC)cc3)C(=O)C12c1ccccc1. The van der Waals surface area contributed by atoms with Gasteiger partial charge in [0.15, 0.2) is 11.3 Å². The molecule has 2 aliphatic heterocycles. The maximum Gasteiger partial charge on any atom is 0.340 e. The summed E-state index contributed by atoms with van der Waals surface area (Å²) < 4.78 is 10.7. The highest BCUT2D eigenvalue weighted by molar-refractivity contribution is 6.15. The van der Waals surface area contributed by atoms with Crippen molar-refractivity contribution in [2.75, 3.05) is 25.3 Å². The Morgan fingerprint density at radius 1 is 0.971 bits per heavy atom. The van der Waals surface area contributed by atoms with Crippen molar-refractivity contribution >= 4 is 23.3 Å². The third-order valence-corrected chi connectivity index (χ3v) is 6.08. The maximum absolute atomic E-state index is 14.3. The number of anilines is 1. The highest BCUT2D eigenvalue weighted by atomic mass is 16.7. The molecule has 0 saturated carbocycles. The van der Waals surface area contributed by atoms with Crippen LogP contribution in [0.5, 0.6) is 5.75 Å². The number of hydrogen-bond acceptors (Lipinski definition) is 6. The summed E-state index contributed by atoms with van der Waals surface area (Å²) in [5.74, 6) is 0.129. The van der Waals surface area contributed by atoms with Gasteiger partial charge in [-0.1, -0.05) is 65.7 Å². The van der Waals surface area contributed by atoms with Crippen LogP contribution in [0.25, 0.3) is 5.76 Å². The molecule has 172 valence electrons. The zero-order chi connectivity index (χ0) is 23.7. The van der Waals surface area contributed by atoms with Gasteiger partial charge in [0.05, 0.1) is 13.7 Å². The number of hydrogen-bond donors (Lipinski definition) is 0. The molecule has 1 amide bonds. The Kier molecular flexibility index (Phi) is 5.55. The van der Waals surface area contributed by atoms with E-state index in [9.17, 15) is 9.59 Å². The largest absolute Gasteiger partial charge is 0.497 e. The van der Waals surface area contributed by atoms with Gasteiger partial charge in [0.25, 0.3) is 5.91 Å². The predicted octanol–water partition coefficient (Wildman–Crippen LogP) is 4.12. The number of carbonyl (C=O) groups is 2. The van der Waals surface area contributed by atoms with Gasteiger partial charge < -0.3 is 14.3 Å². The van der Waals surface area contributed by atoms with Crippen molar-refractivity contribution in [2.24, 2.45) is 0 Å². The van der Waals surface area contributed by atoms with Crippen LogP contribution in [0.4, 0.5) is 5.69 Å². The standard InChI is InChI=1S/C27H24N2O5/c1-3-33-25(30)23-24(19-10-6-4-7-11-19)34-29-18-28(21-14-16-22(32-2)17-15-21)26(31)27(23,29)20-12-8-5-9-13-20/h4-17H,3,18H2,1-2H3. The fourth-order valence-corrected chi connectivity index (χ4v) is 4.53. The summed E-state index contributed by atoms with van der Waals surface area (Å²) in [7, 11) is 1.59. The first-order chi connectivity index (χ1) is 16.6. The number of nitrogens with zero attached hydrogens (tertiary/aromatic N) is 2. The number of benzene rings is 3. The fourth-order valence-electron chi connectivity index (χ4n) is 4.53. The van der Waals surface area contributed by atoms with E-state index in [2.05, 4.69) is 0 Å². The minimum Gasteiger partial charge on any atom is -0.497 e. The third kappa shape index (κ3) is 3.24. The van der Waals surface area contributed by atoms with E-state index in [4.69, 9.17) is 14.3 Å². The summed E-state index contributed by atoms with van der Waals surface area (Å²) in [4.78, 5) is 35.6. The van der Waals surface area contributed by atoms with Crippen molar-refractivity contribution in [3.05, 3.63) is 102 Å². The number of fused-ring (bicyclic) bond motifs is 1. The number of carbonyl (C=O) groups excluding carboxylic acids is 2. The topological polar surface area (TPSA) is 68.3 Å². The maximum atomic E-state index is 14.3. The van der Waals surface area contributed by atoms with Gasteiger partial charge in [0, 0.05) is 11.3 Å². The lowest BCUT2D eigenvalue weighted by Gasteiger charge is -2.28. The minimum absolute atomic E-state index is 0.124. The summed E-state index contributed by atoms with van der Waals surface area (Å²) >= 11 is 0. The lowest BCUT2D eigenvalue weighted by atomic mass is 9.81. The van der Waals surface area contributed by atoms with Crippen LogP contribution in [-0.4, -0.2) is 37.3 Å². The molecule has 3 aromatic carbocycles. The average Bonchev–Trinajstić information content (AvgIpc) is 3.37. The van der Waals surface area contributed by atoms with Crippen molar-refractivity contribution in [1.29, 1.82) is 0 Å². The van der Waals surface area contributed by atoms with E-state index in [-0.39, 0.29) is 24.8 Å². The third-order valence-electron chi connectivity index (χ3n) is 6.08. The van der Waals surface area contributed by atoms with Gasteiger partial charge in [-0.2, -0.15) is 0 Å². The zero-order valence-electron chi connectivity index (χ0n) is 18.9. The monoisotopic (exact) mass is 456 g/mol. The van der Waals surface area contributed by atoms with E-state index in [1.54, 1.807) is 36.1 Å². The quantitative estimate of drug-likeness (QED) is 0.520. The molecule has 34 heavy (non-hydrogen) atoms. The molecule has 0 aliphatic carbocycles. The summed E-state index contributed by atoms with van der Waals surface area (Å²) in [6.07, 6.45) is 0. The van der Waals surface area contributed by atoms with Crippen LogP contribution in [0.2, 0.25) is 0 Å². The molecule has 1 saturated heterocycles. The second-order valence-electron chi connectivity index (χ2n) is 7.91. The zero-order valence-corrected chi connectivity index (χ0v) is 18.9. The van der Waals surface area contributed by atoms with Crippen molar-refractivity contribution in [2.45, 2.75) is 12.5 Å². The van der Waals surface area contributed by atoms with Gasteiger partial charge in [-0.05, 0) is 36.8 Å². The average molecular weight is 456 g/mol. The number of hydroxylamine groups is 2. The van der Waals surface area contributed by atoms with Crippen molar-refractivity contribution < 1.29 is 23.9 Å². The Hall–Kier alpha value is -4.10. The smallest absolute Gasteiger partial charge is 0.340 e. The number of rotatable bonds is 6. The molecular weight excluding hydrogens is 432 g/mol. The molecule has 0 spiro atoms. The van der Waals surface area contributed by atoms with Crippen molar-refractivity contribution in [1.82, 2.24) is 5.06 Å². The van der Waals surface area contributed by atoms with E-state index in [0.29, 0.717) is 28.3 Å². The van der Waals surface area contributed by atoms with E-state index in [1.165, 1.54) is 0 Å². The molecule has 7 heteroatoms. The molecule has 1 unspecified atom stereocenters. The lowest BCUT2D eigenvalue weighted by Crippen LogP contribution is -2.46. The molecule has 0 radical (unpaired) electrons. The molecule has 2 heterocycles. The van der Waals surface area contributed by atoms with E-state index < -0.39 is 11.5 Å². The van der Waals surface area contributed by atoms with Gasteiger partial charge in [-0.3, -0.25) is 9.69 Å². The van der Waals surface area contributed by atoms with Gasteiger partial charge in [0.1, 0.15) is 18.0 Å². The summed E-state index contributed by atoms with van der Waals surface area (Å²) in [5.41, 5.74) is 0.680. The van der Waals surface area contributed by atoms with Gasteiger partial charge >= 0.3 is 5.97 Å². The summed E-state index contributed by atoms with van der Waals surface area (Å²) in [5, 5.41) is 1.57. The Morgan fingerprint density at radius 2 is 1.62 bits per heavy atom. The highest BCUT2D eigenvalue weighted by Gasteiger charge is 2.65. The normalized spacial score (nSPS) is 19.7. The molecule has 0 bridgehead atoms. The summed E-state index contributed by atoms with van der Waals surface area (Å²) in [6.45, 7) is 2.04. The van der Waals surface area contributed by atoms with Crippen LogP contribution in [0.15, 0.2) is 90.5 Å². The number of ether oxygens (including phenoxy) is 2. The fraction of sp³-hybridized carbons (Fsp3) is 0.185. The van der Waals surface area contributed by atoms with Crippen LogP contribution < -0.4 is 9.64 Å². The number of amides is 1. The van der Waals surface area contributed by atoms with Crippen LogP contribution in [-0.2, 0) is 24.7 Å². The van der Waals surface area contributed by atoms with Crippen molar-refractivity contribution in [3.63, 3.8) is 0 Å². The number of methoxy groups -OCH3 is 1. The van der Waals surface area contributed by atoms with Crippen LogP contribution >= 0.6 is 0 Å². The number of esters is 1. The van der Waals surface area contributed by atoms with Crippen molar-refractivity contribution in [3.8, 4) is 5.75 Å². The first-order valence-corrected chi connectivity index (χ1v) is 11.1. The Balaban J connectivity index is 1.72. The van der Waals surface area contributed by atoms with Crippen LogP contribution in [0.1, 0.15) is 18.1 Å². The van der Waals surface area contributed by atoms with Gasteiger partial charge in [-0.15, -0.1) is 0 Å². The van der Waals surface area contributed by atoms with E-state index >= 15 is 0 Å². The molecule has 7 nitrogen and oxygen atoms in total. The Bertz CT molecular complexity index is 1240. The molecule has 0 aromatic heterocycles. The lowest BCUT2D eigenvalue weighted by molar-refractivity contribution is -0.149. The van der Waals surface area contributed by atoms with Gasteiger partial charge in [0.2, 0.25) is 0 Å². The van der Waals surface area contributed by atoms with E-state index in [1.807, 2.05) is 72.8 Å². The second-order valence-corrected chi connectivity index (χ2v) is 7.91. The molecule has 3 aromatic rings. The Morgan fingerprint density at radius 3 is 2.24 bits per heavy atom. The first-order valence-electron chi connectivity index (χ1n) is 11.1. The first kappa shape index (κ1) is 21.7. The molecule has 5 rings (SSSR count). The second kappa shape index (κ2) is 8.68. The van der Waals surface area contributed by atoms with Gasteiger partial charge in [-0.25, -0.2) is 4.79 Å². The van der Waals surface area contributed by atoms with E-state index in [0.717, 1.165) is 0 Å².